The van der Waals surface area contributed by atoms with E-state index in [1.807, 2.05) is 18.2 Å². The zero-order chi connectivity index (χ0) is 17.9. The topological polar surface area (TPSA) is 45.4 Å². The van der Waals surface area contributed by atoms with E-state index in [-0.39, 0.29) is 0 Å². The van der Waals surface area contributed by atoms with Crippen LogP contribution in [0.25, 0.3) is 0 Å². The first-order valence-corrected chi connectivity index (χ1v) is 9.15. The first-order chi connectivity index (χ1) is 12.2. The fourth-order valence-electron chi connectivity index (χ4n) is 2.79. The van der Waals surface area contributed by atoms with Crippen molar-refractivity contribution < 1.29 is 14.2 Å². The summed E-state index contributed by atoms with van der Waals surface area (Å²) in [5.74, 6) is 1.32. The molecule has 0 spiro atoms. The predicted octanol–water partition coefficient (Wildman–Crippen LogP) is 4.60. The first-order valence-electron chi connectivity index (χ1n) is 9.15. The van der Waals surface area contributed by atoms with Gasteiger partial charge in [-0.1, -0.05) is 37.8 Å². The third-order valence-corrected chi connectivity index (χ3v) is 4.37. The van der Waals surface area contributed by atoms with Crippen molar-refractivity contribution in [3.8, 4) is 11.6 Å². The second-order valence-corrected chi connectivity index (χ2v) is 6.37. The van der Waals surface area contributed by atoms with Crippen molar-refractivity contribution >= 4 is 0 Å². The Balaban J connectivity index is 1.48. The van der Waals surface area contributed by atoms with E-state index in [0.29, 0.717) is 18.2 Å². The highest BCUT2D eigenvalue weighted by Gasteiger charge is 2.07. The minimum absolute atomic E-state index is 0.402. The lowest BCUT2D eigenvalue weighted by Crippen LogP contribution is -2.32. The molecule has 1 heterocycles. The van der Waals surface area contributed by atoms with Gasteiger partial charge in [0.1, 0.15) is 5.75 Å². The third kappa shape index (κ3) is 6.65. The molecule has 25 heavy (non-hydrogen) atoms. The fourth-order valence-corrected chi connectivity index (χ4v) is 2.79. The summed E-state index contributed by atoms with van der Waals surface area (Å²) in [6.45, 7) is 2.39. The van der Waals surface area contributed by atoms with E-state index >= 15 is 0 Å². The number of nitrogens with zero attached hydrogens (tertiary/aromatic N) is 1. The molecular formula is C21H29NO3. The Kier molecular flexibility index (Phi) is 8.10. The number of benzene rings is 1. The van der Waals surface area contributed by atoms with Crippen LogP contribution in [0.1, 0.15) is 49.8 Å². The Morgan fingerprint density at radius 2 is 1.56 bits per heavy atom. The first kappa shape index (κ1) is 19.1. The zero-order valence-electron chi connectivity index (χ0n) is 15.4. The SMILES string of the molecule is COc1ccc(CCCCCCCCOc2cccc(C)[n+]2[O-])cc1. The Bertz CT molecular complexity index is 626. The Labute approximate surface area is 151 Å². The van der Waals surface area contributed by atoms with E-state index in [1.54, 1.807) is 26.2 Å². The van der Waals surface area contributed by atoms with Gasteiger partial charge in [0.15, 0.2) is 5.69 Å². The zero-order valence-corrected chi connectivity index (χ0v) is 15.4. The van der Waals surface area contributed by atoms with Gasteiger partial charge < -0.3 is 14.7 Å². The third-order valence-electron chi connectivity index (χ3n) is 4.37. The molecule has 0 atom stereocenters. The minimum atomic E-state index is 0.402. The maximum absolute atomic E-state index is 11.7. The molecule has 0 amide bonds. The van der Waals surface area contributed by atoms with Gasteiger partial charge in [0.2, 0.25) is 0 Å². The van der Waals surface area contributed by atoms with Crippen molar-refractivity contribution in [1.82, 2.24) is 0 Å². The molecule has 0 fully saturated rings. The molecule has 4 nitrogen and oxygen atoms in total. The van der Waals surface area contributed by atoms with Crippen molar-refractivity contribution in [2.24, 2.45) is 0 Å². The lowest BCUT2D eigenvalue weighted by molar-refractivity contribution is -0.619. The minimum Gasteiger partial charge on any atom is -0.616 e. The summed E-state index contributed by atoms with van der Waals surface area (Å²) in [7, 11) is 1.69. The van der Waals surface area contributed by atoms with Crippen LogP contribution in [0.4, 0.5) is 0 Å². The van der Waals surface area contributed by atoms with Crippen LogP contribution in [-0.4, -0.2) is 13.7 Å². The molecule has 136 valence electrons. The van der Waals surface area contributed by atoms with Gasteiger partial charge in [0.05, 0.1) is 19.8 Å². The highest BCUT2D eigenvalue weighted by atomic mass is 16.5. The normalized spacial score (nSPS) is 10.6. The van der Waals surface area contributed by atoms with Crippen LogP contribution >= 0.6 is 0 Å². The number of aryl methyl sites for hydroxylation is 2. The Morgan fingerprint density at radius 1 is 0.880 bits per heavy atom. The van der Waals surface area contributed by atoms with E-state index in [9.17, 15) is 5.21 Å². The second kappa shape index (κ2) is 10.6. The lowest BCUT2D eigenvalue weighted by Gasteiger charge is -2.08. The average molecular weight is 343 g/mol. The van der Waals surface area contributed by atoms with E-state index in [0.717, 1.165) is 29.7 Å². The fraction of sp³-hybridized carbons (Fsp3) is 0.476. The van der Waals surface area contributed by atoms with Crippen LogP contribution in [0, 0.1) is 12.1 Å². The van der Waals surface area contributed by atoms with Gasteiger partial charge in [0, 0.05) is 13.0 Å². The Hall–Kier alpha value is -2.23. The van der Waals surface area contributed by atoms with E-state index < -0.39 is 0 Å². The molecule has 0 N–H and O–H groups in total. The predicted molar refractivity (Wildman–Crippen MR) is 100 cm³/mol. The average Bonchev–Trinajstić information content (AvgIpc) is 2.64. The van der Waals surface area contributed by atoms with Gasteiger partial charge in [-0.25, -0.2) is 0 Å². The second-order valence-electron chi connectivity index (χ2n) is 6.37. The number of rotatable bonds is 11. The molecule has 0 aliphatic carbocycles. The smallest absolute Gasteiger partial charge is 0.379 e. The van der Waals surface area contributed by atoms with Crippen LogP contribution in [0.3, 0.4) is 0 Å². The molecule has 0 aliphatic rings. The molecule has 0 unspecified atom stereocenters. The summed E-state index contributed by atoms with van der Waals surface area (Å²) in [5, 5.41) is 11.7. The Morgan fingerprint density at radius 3 is 2.28 bits per heavy atom. The molecule has 1 aromatic carbocycles. The van der Waals surface area contributed by atoms with Gasteiger partial charge in [-0.15, -0.1) is 4.73 Å². The summed E-state index contributed by atoms with van der Waals surface area (Å²) in [6.07, 6.45) is 8.22. The molecule has 4 heteroatoms. The molecule has 0 bridgehead atoms. The summed E-state index contributed by atoms with van der Waals surface area (Å²) >= 11 is 0. The maximum Gasteiger partial charge on any atom is 0.379 e. The van der Waals surface area contributed by atoms with Crippen molar-refractivity contribution in [2.75, 3.05) is 13.7 Å². The van der Waals surface area contributed by atoms with Gasteiger partial charge in [-0.3, -0.25) is 0 Å². The van der Waals surface area contributed by atoms with Crippen LogP contribution < -0.4 is 14.2 Å². The monoisotopic (exact) mass is 343 g/mol. The summed E-state index contributed by atoms with van der Waals surface area (Å²) in [4.78, 5) is 0. The number of pyridine rings is 1. The summed E-state index contributed by atoms with van der Waals surface area (Å²) in [5.41, 5.74) is 2.03. The standard InChI is InChI=1S/C21H29NO3/c1-18-10-9-12-21(22(18)23)25-17-8-6-4-3-5-7-11-19-13-15-20(24-2)16-14-19/h9-10,12-16H,3-8,11,17H2,1-2H3. The van der Waals surface area contributed by atoms with E-state index in [1.165, 1.54) is 31.2 Å². The molecule has 1 aromatic heterocycles. The molecule has 0 saturated heterocycles. The summed E-state index contributed by atoms with van der Waals surface area (Å²) < 4.78 is 11.6. The van der Waals surface area contributed by atoms with E-state index in [4.69, 9.17) is 9.47 Å². The molecule has 2 rings (SSSR count). The number of ether oxygens (including phenoxy) is 2. The highest BCUT2D eigenvalue weighted by Crippen LogP contribution is 2.14. The van der Waals surface area contributed by atoms with Crippen molar-refractivity contribution in [3.05, 3.63) is 58.9 Å². The number of hydrogen-bond acceptors (Lipinski definition) is 3. The van der Waals surface area contributed by atoms with Gasteiger partial charge in [0.25, 0.3) is 0 Å². The van der Waals surface area contributed by atoms with Crippen LogP contribution in [0.5, 0.6) is 11.6 Å². The molecule has 0 aliphatic heterocycles. The molecule has 0 radical (unpaired) electrons. The van der Waals surface area contributed by atoms with Crippen LogP contribution in [-0.2, 0) is 6.42 Å². The molecule has 2 aromatic rings. The largest absolute Gasteiger partial charge is 0.616 e. The van der Waals surface area contributed by atoms with Gasteiger partial charge >= 0.3 is 5.88 Å². The van der Waals surface area contributed by atoms with Gasteiger partial charge in [-0.2, -0.15) is 0 Å². The number of unbranched alkanes of at least 4 members (excludes halogenated alkanes) is 5. The lowest BCUT2D eigenvalue weighted by atomic mass is 10.0. The highest BCUT2D eigenvalue weighted by molar-refractivity contribution is 5.27. The van der Waals surface area contributed by atoms with Crippen LogP contribution in [0.2, 0.25) is 0 Å². The van der Waals surface area contributed by atoms with Crippen LogP contribution in [0.15, 0.2) is 42.5 Å². The number of hydrogen-bond donors (Lipinski definition) is 0. The van der Waals surface area contributed by atoms with Crippen molar-refractivity contribution in [3.63, 3.8) is 0 Å². The summed E-state index contributed by atoms with van der Waals surface area (Å²) in [6, 6.07) is 13.7. The maximum atomic E-state index is 11.7. The van der Waals surface area contributed by atoms with Gasteiger partial charge in [-0.05, 0) is 43.0 Å². The molecule has 0 saturated carbocycles. The van der Waals surface area contributed by atoms with Crippen molar-refractivity contribution in [2.45, 2.75) is 51.9 Å². The van der Waals surface area contributed by atoms with E-state index in [2.05, 4.69) is 12.1 Å². The number of methoxy groups -OCH3 is 1. The quantitative estimate of drug-likeness (QED) is 0.340. The van der Waals surface area contributed by atoms with Crippen molar-refractivity contribution in [1.29, 1.82) is 0 Å². The molecular weight excluding hydrogens is 314 g/mol. The number of aromatic nitrogens is 1.